The zero-order valence-electron chi connectivity index (χ0n) is 17.0. The molecule has 29 heavy (non-hydrogen) atoms. The summed E-state index contributed by atoms with van der Waals surface area (Å²) in [5.74, 6) is 0. The lowest BCUT2D eigenvalue weighted by Crippen LogP contribution is -2.44. The van der Waals surface area contributed by atoms with Gasteiger partial charge in [-0.1, -0.05) is 0 Å². The molecule has 1 aromatic carbocycles. The van der Waals surface area contributed by atoms with Gasteiger partial charge < -0.3 is 9.80 Å². The number of pyridine rings is 1. The van der Waals surface area contributed by atoms with E-state index in [0.717, 1.165) is 53.9 Å². The number of hydrogen-bond donors (Lipinski definition) is 0. The van der Waals surface area contributed by atoms with Crippen LogP contribution in [0.15, 0.2) is 47.5 Å². The van der Waals surface area contributed by atoms with Gasteiger partial charge in [0.25, 0.3) is 5.56 Å². The van der Waals surface area contributed by atoms with Crippen molar-refractivity contribution in [3.63, 3.8) is 0 Å². The maximum absolute atomic E-state index is 12.9. The number of aromatic nitrogens is 4. The Hall–Kier alpha value is -3.19. The van der Waals surface area contributed by atoms with E-state index in [9.17, 15) is 4.79 Å². The minimum absolute atomic E-state index is 0.0649. The van der Waals surface area contributed by atoms with E-state index in [-0.39, 0.29) is 5.56 Å². The molecular formula is C22H24N6O. The van der Waals surface area contributed by atoms with Crippen molar-refractivity contribution in [2.24, 2.45) is 7.05 Å². The molecule has 4 aromatic rings. The second-order valence-corrected chi connectivity index (χ2v) is 7.92. The molecule has 1 aliphatic rings. The Labute approximate surface area is 168 Å². The summed E-state index contributed by atoms with van der Waals surface area (Å²) < 4.78 is 3.46. The first-order valence-corrected chi connectivity index (χ1v) is 9.89. The molecule has 1 saturated heterocycles. The van der Waals surface area contributed by atoms with E-state index in [1.807, 2.05) is 49.2 Å². The van der Waals surface area contributed by atoms with Crippen molar-refractivity contribution >= 4 is 22.2 Å². The van der Waals surface area contributed by atoms with Crippen LogP contribution in [0, 0.1) is 6.92 Å². The molecule has 0 amide bonds. The van der Waals surface area contributed by atoms with Gasteiger partial charge in [0.1, 0.15) is 5.65 Å². The van der Waals surface area contributed by atoms with Crippen LogP contribution in [0.4, 0.5) is 5.69 Å². The Morgan fingerprint density at radius 3 is 2.55 bits per heavy atom. The molecule has 7 heteroatoms. The summed E-state index contributed by atoms with van der Waals surface area (Å²) in [4.78, 5) is 22.3. The maximum atomic E-state index is 12.9. The van der Waals surface area contributed by atoms with Crippen molar-refractivity contribution in [2.75, 3.05) is 38.1 Å². The topological polar surface area (TPSA) is 58.7 Å². The van der Waals surface area contributed by atoms with Crippen molar-refractivity contribution < 1.29 is 0 Å². The smallest absolute Gasteiger partial charge is 0.258 e. The summed E-state index contributed by atoms with van der Waals surface area (Å²) in [6, 6.07) is 9.72. The van der Waals surface area contributed by atoms with Gasteiger partial charge in [-0.2, -0.15) is 5.10 Å². The molecule has 0 spiro atoms. The molecule has 0 N–H and O–H groups in total. The minimum atomic E-state index is -0.0649. The fourth-order valence-corrected chi connectivity index (χ4v) is 4.07. The molecule has 4 heterocycles. The summed E-state index contributed by atoms with van der Waals surface area (Å²) in [7, 11) is 4.05. The first kappa shape index (κ1) is 17.9. The molecule has 7 nitrogen and oxygen atoms in total. The molecule has 1 fully saturated rings. The highest BCUT2D eigenvalue weighted by Gasteiger charge is 2.15. The number of anilines is 1. The molecule has 5 rings (SSSR count). The number of nitrogens with zero attached hydrogens (tertiary/aromatic N) is 6. The SMILES string of the molecule is Cc1cc(-c2cc(=O)n3cc(N4CCN(C)CC4)ccc3n2)cc2cn(C)nc12. The van der Waals surface area contributed by atoms with Crippen LogP contribution in [0.5, 0.6) is 0 Å². The lowest BCUT2D eigenvalue weighted by atomic mass is 10.1. The maximum Gasteiger partial charge on any atom is 0.258 e. The normalized spacial score (nSPS) is 15.5. The van der Waals surface area contributed by atoms with Gasteiger partial charge in [-0.15, -0.1) is 0 Å². The highest BCUT2D eigenvalue weighted by Crippen LogP contribution is 2.26. The highest BCUT2D eigenvalue weighted by atomic mass is 16.1. The average Bonchev–Trinajstić information content (AvgIpc) is 3.09. The van der Waals surface area contributed by atoms with E-state index in [1.165, 1.54) is 0 Å². The van der Waals surface area contributed by atoms with Gasteiger partial charge in [0, 0.05) is 62.6 Å². The number of likely N-dealkylation sites (N-methyl/N-ethyl adjacent to an activating group) is 1. The van der Waals surface area contributed by atoms with E-state index < -0.39 is 0 Å². The number of benzene rings is 1. The van der Waals surface area contributed by atoms with Gasteiger partial charge in [-0.3, -0.25) is 13.9 Å². The molecule has 148 valence electrons. The van der Waals surface area contributed by atoms with Crippen LogP contribution in [0.1, 0.15) is 5.56 Å². The Morgan fingerprint density at radius 2 is 1.76 bits per heavy atom. The lowest BCUT2D eigenvalue weighted by Gasteiger charge is -2.34. The summed E-state index contributed by atoms with van der Waals surface area (Å²) in [6.45, 7) is 6.02. The highest BCUT2D eigenvalue weighted by molar-refractivity contribution is 5.86. The van der Waals surface area contributed by atoms with Crippen molar-refractivity contribution in [3.05, 3.63) is 58.6 Å². The Kier molecular flexibility index (Phi) is 4.13. The van der Waals surface area contributed by atoms with Crippen LogP contribution in [0.2, 0.25) is 0 Å². The van der Waals surface area contributed by atoms with Gasteiger partial charge in [0.15, 0.2) is 0 Å². The molecule has 1 aliphatic heterocycles. The van der Waals surface area contributed by atoms with Crippen LogP contribution < -0.4 is 10.5 Å². The van der Waals surface area contributed by atoms with Crippen LogP contribution in [-0.2, 0) is 7.05 Å². The molecule has 0 atom stereocenters. The summed E-state index contributed by atoms with van der Waals surface area (Å²) in [6.07, 6.45) is 3.90. The van der Waals surface area contributed by atoms with E-state index >= 15 is 0 Å². The summed E-state index contributed by atoms with van der Waals surface area (Å²) >= 11 is 0. The third kappa shape index (κ3) is 3.17. The van der Waals surface area contributed by atoms with Crippen molar-refractivity contribution in [2.45, 2.75) is 6.92 Å². The first-order chi connectivity index (χ1) is 14.0. The van der Waals surface area contributed by atoms with Gasteiger partial charge >= 0.3 is 0 Å². The van der Waals surface area contributed by atoms with E-state index in [0.29, 0.717) is 11.3 Å². The molecular weight excluding hydrogens is 364 g/mol. The van der Waals surface area contributed by atoms with Gasteiger partial charge in [-0.25, -0.2) is 4.98 Å². The van der Waals surface area contributed by atoms with Gasteiger partial charge in [0.05, 0.1) is 16.9 Å². The van der Waals surface area contributed by atoms with E-state index in [4.69, 9.17) is 4.98 Å². The monoisotopic (exact) mass is 388 g/mol. The van der Waals surface area contributed by atoms with Gasteiger partial charge in [-0.05, 0) is 43.8 Å². The quantitative estimate of drug-likeness (QED) is 0.527. The van der Waals surface area contributed by atoms with Crippen LogP contribution >= 0.6 is 0 Å². The third-order valence-electron chi connectivity index (χ3n) is 5.72. The largest absolute Gasteiger partial charge is 0.368 e. The number of rotatable bonds is 2. The van der Waals surface area contributed by atoms with Crippen molar-refractivity contribution in [3.8, 4) is 11.3 Å². The van der Waals surface area contributed by atoms with Crippen LogP contribution in [0.25, 0.3) is 27.8 Å². The van der Waals surface area contributed by atoms with Crippen LogP contribution in [-0.4, -0.2) is 57.3 Å². The standard InChI is InChI=1S/C22H24N6O/c1-15-10-16(11-17-13-26(3)24-22(15)17)19-12-21(29)28-14-18(4-5-20(28)23-19)27-8-6-25(2)7-9-27/h4-5,10-14H,6-9H2,1-3H3. The Balaban J connectivity index is 1.57. The fourth-order valence-electron chi connectivity index (χ4n) is 4.07. The predicted molar refractivity (Wildman–Crippen MR) is 116 cm³/mol. The number of aryl methyl sites for hydroxylation is 2. The predicted octanol–water partition coefficient (Wildman–Crippen LogP) is 2.31. The first-order valence-electron chi connectivity index (χ1n) is 9.89. The summed E-state index contributed by atoms with van der Waals surface area (Å²) in [5, 5.41) is 5.55. The van der Waals surface area contributed by atoms with E-state index in [2.05, 4.69) is 28.0 Å². The van der Waals surface area contributed by atoms with E-state index in [1.54, 1.807) is 10.5 Å². The molecule has 0 bridgehead atoms. The Bertz CT molecular complexity index is 1280. The number of fused-ring (bicyclic) bond motifs is 2. The van der Waals surface area contributed by atoms with Crippen molar-refractivity contribution in [1.82, 2.24) is 24.1 Å². The second-order valence-electron chi connectivity index (χ2n) is 7.92. The van der Waals surface area contributed by atoms with Crippen molar-refractivity contribution in [1.29, 1.82) is 0 Å². The second kappa shape index (κ2) is 6.70. The average molecular weight is 388 g/mol. The summed E-state index contributed by atoms with van der Waals surface area (Å²) in [5.41, 5.74) is 5.34. The zero-order valence-corrected chi connectivity index (χ0v) is 17.0. The van der Waals surface area contributed by atoms with Gasteiger partial charge in [0.2, 0.25) is 0 Å². The van der Waals surface area contributed by atoms with Crippen LogP contribution in [0.3, 0.4) is 0 Å². The minimum Gasteiger partial charge on any atom is -0.368 e. The molecule has 0 aliphatic carbocycles. The fraction of sp³-hybridized carbons (Fsp3) is 0.318. The molecule has 3 aromatic heterocycles. The number of piperazine rings is 1. The molecule has 0 unspecified atom stereocenters. The third-order valence-corrected chi connectivity index (χ3v) is 5.72. The number of hydrogen-bond acceptors (Lipinski definition) is 5. The Morgan fingerprint density at radius 1 is 0.966 bits per heavy atom. The zero-order chi connectivity index (χ0) is 20.1. The lowest BCUT2D eigenvalue weighted by molar-refractivity contribution is 0.313. The molecule has 0 radical (unpaired) electrons. The molecule has 0 saturated carbocycles.